The maximum atomic E-state index is 12.6. The highest BCUT2D eigenvalue weighted by molar-refractivity contribution is 5.82. The van der Waals surface area contributed by atoms with Crippen molar-refractivity contribution in [3.63, 3.8) is 0 Å². The summed E-state index contributed by atoms with van der Waals surface area (Å²) >= 11 is 0. The normalized spacial score (nSPS) is 12.3. The van der Waals surface area contributed by atoms with Gasteiger partial charge in [0.1, 0.15) is 17.2 Å². The Morgan fingerprint density at radius 1 is 0.833 bits per heavy atom. The van der Waals surface area contributed by atoms with E-state index in [1.807, 2.05) is 0 Å². The van der Waals surface area contributed by atoms with Crippen molar-refractivity contribution >= 4 is 24.0 Å². The van der Waals surface area contributed by atoms with Crippen LogP contribution < -0.4 is 5.32 Å². The zero-order chi connectivity index (χ0) is 27.5. The van der Waals surface area contributed by atoms with Gasteiger partial charge in [-0.3, -0.25) is 9.59 Å². The third-order valence-electron chi connectivity index (χ3n) is 4.31. The number of phenols is 2. The molecule has 1 rings (SSSR count). The van der Waals surface area contributed by atoms with Crippen molar-refractivity contribution in [3.8, 4) is 11.5 Å². The summed E-state index contributed by atoms with van der Waals surface area (Å²) in [6, 6.07) is 2.72. The zero-order valence-corrected chi connectivity index (χ0v) is 21.7. The van der Waals surface area contributed by atoms with Crippen molar-refractivity contribution in [2.24, 2.45) is 0 Å². The minimum Gasteiger partial charge on any atom is -0.504 e. The lowest BCUT2D eigenvalue weighted by atomic mass is 10.1. The predicted octanol–water partition coefficient (Wildman–Crippen LogP) is 3.48. The lowest BCUT2D eigenvalue weighted by Crippen LogP contribution is -2.45. The summed E-state index contributed by atoms with van der Waals surface area (Å²) in [6.07, 6.45) is 0.0563. The van der Waals surface area contributed by atoms with Crippen molar-refractivity contribution in [1.82, 2.24) is 5.32 Å². The van der Waals surface area contributed by atoms with Crippen molar-refractivity contribution in [2.75, 3.05) is 6.79 Å². The molecule has 11 nitrogen and oxygen atoms in total. The molecule has 0 heterocycles. The molecule has 1 atom stereocenters. The smallest absolute Gasteiger partial charge is 0.408 e. The Morgan fingerprint density at radius 3 is 1.97 bits per heavy atom. The van der Waals surface area contributed by atoms with Crippen LogP contribution in [-0.2, 0) is 39.8 Å². The number of rotatable bonds is 11. The van der Waals surface area contributed by atoms with E-state index in [0.29, 0.717) is 18.4 Å². The molecule has 0 aliphatic carbocycles. The standard InChI is InChI=1S/C25H37NO10/c1-24(2,3)35-21(30)10-8-7-9-20(29)33-15-34-22(31)17(26-23(32)36-25(4,5)6)13-16-11-12-18(27)19(28)14-16/h11-12,14,17,27-28H,7-10,13,15H2,1-6H3,(H,26,32)/t17-/m0/s1. The summed E-state index contributed by atoms with van der Waals surface area (Å²) in [5.41, 5.74) is -0.960. The van der Waals surface area contributed by atoms with E-state index in [4.69, 9.17) is 18.9 Å². The molecule has 36 heavy (non-hydrogen) atoms. The molecular formula is C25H37NO10. The molecule has 1 amide bonds. The van der Waals surface area contributed by atoms with Crippen LogP contribution in [0.1, 0.15) is 72.8 Å². The van der Waals surface area contributed by atoms with Gasteiger partial charge in [0, 0.05) is 19.3 Å². The summed E-state index contributed by atoms with van der Waals surface area (Å²) in [6.45, 7) is 9.61. The van der Waals surface area contributed by atoms with Gasteiger partial charge in [-0.15, -0.1) is 0 Å². The van der Waals surface area contributed by atoms with Crippen LogP contribution in [0.4, 0.5) is 4.79 Å². The molecule has 1 aromatic rings. The quantitative estimate of drug-likeness (QED) is 0.132. The highest BCUT2D eigenvalue weighted by Gasteiger charge is 2.26. The largest absolute Gasteiger partial charge is 0.504 e. The monoisotopic (exact) mass is 511 g/mol. The van der Waals surface area contributed by atoms with Gasteiger partial charge in [0.2, 0.25) is 6.79 Å². The molecule has 0 aliphatic heterocycles. The van der Waals surface area contributed by atoms with Gasteiger partial charge >= 0.3 is 24.0 Å². The van der Waals surface area contributed by atoms with E-state index in [9.17, 15) is 29.4 Å². The number of ether oxygens (including phenoxy) is 4. The molecule has 0 fully saturated rings. The summed E-state index contributed by atoms with van der Waals surface area (Å²) < 4.78 is 20.3. The SMILES string of the molecule is CC(C)(C)OC(=O)CCCCC(=O)OCOC(=O)[C@H](Cc1ccc(O)c(O)c1)NC(=O)OC(C)(C)C. The number of phenolic OH excluding ortho intramolecular Hbond substituents is 2. The van der Waals surface area contributed by atoms with Crippen LogP contribution in [0.3, 0.4) is 0 Å². The number of amides is 1. The maximum absolute atomic E-state index is 12.6. The lowest BCUT2D eigenvalue weighted by Gasteiger charge is -2.23. The topological polar surface area (TPSA) is 158 Å². The second-order valence-electron chi connectivity index (χ2n) is 10.1. The summed E-state index contributed by atoms with van der Waals surface area (Å²) in [7, 11) is 0. The number of hydrogen-bond acceptors (Lipinski definition) is 10. The minimum atomic E-state index is -1.23. The van der Waals surface area contributed by atoms with E-state index in [-0.39, 0.29) is 31.0 Å². The number of benzene rings is 1. The predicted molar refractivity (Wildman–Crippen MR) is 128 cm³/mol. The van der Waals surface area contributed by atoms with Gasteiger partial charge in [-0.05, 0) is 72.1 Å². The van der Waals surface area contributed by atoms with Crippen molar-refractivity contribution in [1.29, 1.82) is 0 Å². The first-order chi connectivity index (χ1) is 16.6. The summed E-state index contributed by atoms with van der Waals surface area (Å²) in [5.74, 6) is -2.60. The molecule has 11 heteroatoms. The molecule has 0 unspecified atom stereocenters. The van der Waals surface area contributed by atoms with Gasteiger partial charge in [-0.1, -0.05) is 6.07 Å². The number of aromatic hydroxyl groups is 2. The molecule has 0 aromatic heterocycles. The molecule has 0 saturated carbocycles. The van der Waals surface area contributed by atoms with Crippen LogP contribution in [0.15, 0.2) is 18.2 Å². The van der Waals surface area contributed by atoms with Crippen LogP contribution in [0, 0.1) is 0 Å². The van der Waals surface area contributed by atoms with Gasteiger partial charge in [0.15, 0.2) is 11.5 Å². The number of nitrogens with one attached hydrogen (secondary N) is 1. The Morgan fingerprint density at radius 2 is 1.42 bits per heavy atom. The molecule has 202 valence electrons. The number of carbonyl (C=O) groups excluding carboxylic acids is 4. The maximum Gasteiger partial charge on any atom is 0.408 e. The zero-order valence-electron chi connectivity index (χ0n) is 21.7. The average molecular weight is 512 g/mol. The van der Waals surface area contributed by atoms with Crippen LogP contribution in [-0.4, -0.2) is 58.3 Å². The second kappa shape index (κ2) is 13.6. The van der Waals surface area contributed by atoms with E-state index >= 15 is 0 Å². The average Bonchev–Trinajstić information content (AvgIpc) is 2.70. The first kappa shape index (κ1) is 30.5. The molecule has 0 spiro atoms. The Kier molecular flexibility index (Phi) is 11.5. The number of unbranched alkanes of at least 4 members (excludes halogenated alkanes) is 1. The Balaban J connectivity index is 2.57. The minimum absolute atomic E-state index is 0.0206. The number of esters is 3. The van der Waals surface area contributed by atoms with E-state index in [1.165, 1.54) is 18.2 Å². The van der Waals surface area contributed by atoms with E-state index < -0.39 is 47.8 Å². The molecule has 3 N–H and O–H groups in total. The van der Waals surface area contributed by atoms with Crippen molar-refractivity contribution in [3.05, 3.63) is 23.8 Å². The van der Waals surface area contributed by atoms with Crippen molar-refractivity contribution in [2.45, 2.75) is 90.9 Å². The van der Waals surface area contributed by atoms with Crippen LogP contribution in [0.2, 0.25) is 0 Å². The Hall–Kier alpha value is -3.50. The first-order valence-corrected chi connectivity index (χ1v) is 11.6. The van der Waals surface area contributed by atoms with E-state index in [0.717, 1.165) is 0 Å². The fourth-order valence-electron chi connectivity index (χ4n) is 2.83. The highest BCUT2D eigenvalue weighted by atomic mass is 16.7. The molecule has 0 radical (unpaired) electrons. The third kappa shape index (κ3) is 13.4. The molecular weight excluding hydrogens is 474 g/mol. The van der Waals surface area contributed by atoms with Gasteiger partial charge in [0.25, 0.3) is 0 Å². The fourth-order valence-corrected chi connectivity index (χ4v) is 2.83. The molecule has 0 saturated heterocycles. The first-order valence-electron chi connectivity index (χ1n) is 11.6. The molecule has 0 bridgehead atoms. The molecule has 1 aromatic carbocycles. The molecule has 0 aliphatic rings. The van der Waals surface area contributed by atoms with E-state index in [2.05, 4.69) is 5.32 Å². The third-order valence-corrected chi connectivity index (χ3v) is 4.31. The number of hydrogen-bond donors (Lipinski definition) is 3. The van der Waals surface area contributed by atoms with Gasteiger partial charge in [-0.2, -0.15) is 0 Å². The van der Waals surface area contributed by atoms with Crippen LogP contribution in [0.25, 0.3) is 0 Å². The van der Waals surface area contributed by atoms with Gasteiger partial charge in [-0.25, -0.2) is 9.59 Å². The number of alkyl carbamates (subject to hydrolysis) is 1. The Labute approximate surface area is 211 Å². The highest BCUT2D eigenvalue weighted by Crippen LogP contribution is 2.25. The fraction of sp³-hybridized carbons (Fsp3) is 0.600. The van der Waals surface area contributed by atoms with Gasteiger partial charge < -0.3 is 34.5 Å². The second-order valence-corrected chi connectivity index (χ2v) is 10.1. The van der Waals surface area contributed by atoms with Crippen LogP contribution >= 0.6 is 0 Å². The lowest BCUT2D eigenvalue weighted by molar-refractivity contribution is -0.169. The van der Waals surface area contributed by atoms with Crippen LogP contribution in [0.5, 0.6) is 11.5 Å². The Bertz CT molecular complexity index is 914. The van der Waals surface area contributed by atoms with Gasteiger partial charge in [0.05, 0.1) is 0 Å². The summed E-state index contributed by atoms with van der Waals surface area (Å²) in [4.78, 5) is 48.3. The van der Waals surface area contributed by atoms with Crippen molar-refractivity contribution < 1.29 is 48.3 Å². The summed E-state index contributed by atoms with van der Waals surface area (Å²) in [5, 5.41) is 21.6. The van der Waals surface area contributed by atoms with E-state index in [1.54, 1.807) is 41.5 Å². The number of carbonyl (C=O) groups is 4.